The molecule has 7 nitrogen and oxygen atoms in total. The molecule has 108 valence electrons. The maximum atomic E-state index is 8.17. The van der Waals surface area contributed by atoms with Crippen molar-refractivity contribution in [3.63, 3.8) is 0 Å². The lowest BCUT2D eigenvalue weighted by molar-refractivity contribution is 0.322. The van der Waals surface area contributed by atoms with Crippen molar-refractivity contribution in [2.75, 3.05) is 0 Å². The van der Waals surface area contributed by atoms with Crippen molar-refractivity contribution >= 4 is 58.3 Å². The van der Waals surface area contributed by atoms with Crippen molar-refractivity contribution in [3.8, 4) is 0 Å². The van der Waals surface area contributed by atoms with Crippen LogP contribution in [-0.2, 0) is 0 Å². The number of rotatable bonds is 1. The fourth-order valence-electron chi connectivity index (χ4n) is 0.949. The Morgan fingerprint density at radius 1 is 0.952 bits per heavy atom. The summed E-state index contributed by atoms with van der Waals surface area (Å²) in [4.78, 5) is 17.4. The predicted octanol–water partition coefficient (Wildman–Crippen LogP) is 3.93. The van der Waals surface area contributed by atoms with Gasteiger partial charge in [0.2, 0.25) is 0 Å². The maximum Gasteiger partial charge on any atom is 0.260 e. The van der Waals surface area contributed by atoms with E-state index in [0.717, 1.165) is 6.21 Å². The van der Waals surface area contributed by atoms with Crippen molar-refractivity contribution in [2.45, 2.75) is 0 Å². The van der Waals surface area contributed by atoms with Gasteiger partial charge in [-0.2, -0.15) is 0 Å². The summed E-state index contributed by atoms with van der Waals surface area (Å²) in [6, 6.07) is 0. The number of hydrogen-bond acceptors (Lipinski definition) is 6. The number of halogens is 4. The summed E-state index contributed by atoms with van der Waals surface area (Å²) in [6.07, 6.45) is 3.50. The molecule has 2 aromatic heterocycles. The standard InChI is InChI=1S/C5H3Cl2N3O.C5HCl2N3/c6-4-3(1-10-11)5(7)9-2-8-4;1-8-3-4(6)9-2-10-5(3)7/h1-2,11H;2H/b10-1+;. The summed E-state index contributed by atoms with van der Waals surface area (Å²) in [7, 11) is 0. The first-order chi connectivity index (χ1) is 10.0. The van der Waals surface area contributed by atoms with Crippen LogP contribution in [0.3, 0.4) is 0 Å². The minimum Gasteiger partial charge on any atom is -0.411 e. The van der Waals surface area contributed by atoms with E-state index in [0.29, 0.717) is 5.56 Å². The molecule has 2 heterocycles. The average Bonchev–Trinajstić information content (AvgIpc) is 2.44. The zero-order valence-electron chi connectivity index (χ0n) is 9.87. The van der Waals surface area contributed by atoms with E-state index in [-0.39, 0.29) is 26.3 Å². The quantitative estimate of drug-likeness (QED) is 0.272. The van der Waals surface area contributed by atoms with Crippen LogP contribution in [-0.4, -0.2) is 31.4 Å². The van der Waals surface area contributed by atoms with Crippen LogP contribution >= 0.6 is 46.4 Å². The Labute approximate surface area is 139 Å². The normalized spacial score (nSPS) is 9.86. The zero-order chi connectivity index (χ0) is 15.8. The Hall–Kier alpha value is -1.72. The van der Waals surface area contributed by atoms with Crippen molar-refractivity contribution in [3.05, 3.63) is 50.2 Å². The highest BCUT2D eigenvalue weighted by molar-refractivity contribution is 6.37. The second-order valence-corrected chi connectivity index (χ2v) is 4.46. The largest absolute Gasteiger partial charge is 0.411 e. The number of aromatic nitrogens is 4. The van der Waals surface area contributed by atoms with E-state index >= 15 is 0 Å². The fraction of sp³-hybridized carbons (Fsp3) is 0. The molecular weight excluding hydrogens is 362 g/mol. The molecule has 0 aromatic carbocycles. The van der Waals surface area contributed by atoms with Crippen LogP contribution in [0.4, 0.5) is 5.69 Å². The molecule has 0 bridgehead atoms. The van der Waals surface area contributed by atoms with Gasteiger partial charge >= 0.3 is 0 Å². The molecule has 0 spiro atoms. The lowest BCUT2D eigenvalue weighted by atomic mass is 10.4. The fourth-order valence-corrected chi connectivity index (χ4v) is 1.76. The Kier molecular flexibility index (Phi) is 7.05. The molecule has 0 amide bonds. The molecule has 2 rings (SSSR count). The number of hydrogen-bond donors (Lipinski definition) is 1. The van der Waals surface area contributed by atoms with E-state index < -0.39 is 0 Å². The molecule has 0 aliphatic rings. The third kappa shape index (κ3) is 4.95. The highest BCUT2D eigenvalue weighted by Crippen LogP contribution is 2.28. The van der Waals surface area contributed by atoms with Gasteiger partial charge in [-0.05, 0) is 0 Å². The second kappa shape index (κ2) is 8.54. The summed E-state index contributed by atoms with van der Waals surface area (Å²) >= 11 is 22.1. The van der Waals surface area contributed by atoms with E-state index in [4.69, 9.17) is 58.2 Å². The van der Waals surface area contributed by atoms with Gasteiger partial charge in [0.25, 0.3) is 5.69 Å². The third-order valence-electron chi connectivity index (χ3n) is 1.82. The van der Waals surface area contributed by atoms with Gasteiger partial charge in [0.15, 0.2) is 0 Å². The molecule has 1 N–H and O–H groups in total. The van der Waals surface area contributed by atoms with E-state index in [1.807, 2.05) is 0 Å². The van der Waals surface area contributed by atoms with Crippen molar-refractivity contribution < 1.29 is 5.21 Å². The Balaban J connectivity index is 0.000000211. The maximum absolute atomic E-state index is 8.17. The van der Waals surface area contributed by atoms with Crippen LogP contribution in [0.5, 0.6) is 0 Å². The Morgan fingerprint density at radius 2 is 1.38 bits per heavy atom. The molecule has 0 atom stereocenters. The Bertz CT molecular complexity index is 662. The van der Waals surface area contributed by atoms with Gasteiger partial charge in [-0.1, -0.05) is 51.6 Å². The average molecular weight is 366 g/mol. The van der Waals surface area contributed by atoms with Crippen LogP contribution < -0.4 is 0 Å². The van der Waals surface area contributed by atoms with Gasteiger partial charge in [-0.15, -0.1) is 0 Å². The molecule has 21 heavy (non-hydrogen) atoms. The highest BCUT2D eigenvalue weighted by Gasteiger charge is 2.06. The second-order valence-electron chi connectivity index (χ2n) is 3.03. The minimum atomic E-state index is 0.0926. The molecule has 0 unspecified atom stereocenters. The van der Waals surface area contributed by atoms with Gasteiger partial charge in [0.1, 0.15) is 33.3 Å². The van der Waals surface area contributed by atoms with Gasteiger partial charge in [-0.3, -0.25) is 0 Å². The van der Waals surface area contributed by atoms with Gasteiger partial charge in [0, 0.05) is 0 Å². The molecule has 11 heteroatoms. The summed E-state index contributed by atoms with van der Waals surface area (Å²) in [5.74, 6) is 0. The third-order valence-corrected chi connectivity index (χ3v) is 2.97. The van der Waals surface area contributed by atoms with Gasteiger partial charge in [0.05, 0.1) is 18.4 Å². The van der Waals surface area contributed by atoms with E-state index in [1.165, 1.54) is 12.7 Å². The van der Waals surface area contributed by atoms with Crippen LogP contribution in [0, 0.1) is 6.57 Å². The predicted molar refractivity (Wildman–Crippen MR) is 79.7 cm³/mol. The SMILES string of the molecule is O/N=C/c1c(Cl)ncnc1Cl.[C-]#[N+]c1c(Cl)ncnc1Cl. The molecule has 0 aliphatic heterocycles. The first-order valence-corrected chi connectivity index (χ1v) is 6.39. The van der Waals surface area contributed by atoms with Crippen LogP contribution in [0.25, 0.3) is 4.85 Å². The van der Waals surface area contributed by atoms with Crippen molar-refractivity contribution in [1.82, 2.24) is 19.9 Å². The van der Waals surface area contributed by atoms with Crippen LogP contribution in [0.1, 0.15) is 5.56 Å². The summed E-state index contributed by atoms with van der Waals surface area (Å²) < 4.78 is 0. The van der Waals surface area contributed by atoms with Gasteiger partial charge in [-0.25, -0.2) is 24.8 Å². The first kappa shape index (κ1) is 17.3. The number of nitrogens with zero attached hydrogens (tertiary/aromatic N) is 6. The minimum absolute atomic E-state index is 0.0926. The van der Waals surface area contributed by atoms with Crippen LogP contribution in [0.15, 0.2) is 17.8 Å². The van der Waals surface area contributed by atoms with E-state index in [9.17, 15) is 0 Å². The van der Waals surface area contributed by atoms with Gasteiger partial charge < -0.3 is 5.21 Å². The topological polar surface area (TPSA) is 88.5 Å². The molecule has 0 saturated heterocycles. The molecule has 0 fully saturated rings. The number of oxime groups is 1. The molecule has 2 aromatic rings. The summed E-state index contributed by atoms with van der Waals surface area (Å²) in [6.45, 7) is 6.60. The molecule has 0 saturated carbocycles. The molecular formula is C10H4Cl4N6O. The van der Waals surface area contributed by atoms with E-state index in [1.54, 1.807) is 0 Å². The summed E-state index contributed by atoms with van der Waals surface area (Å²) in [5, 5.41) is 11.4. The van der Waals surface area contributed by atoms with E-state index in [2.05, 4.69) is 29.9 Å². The molecule has 0 radical (unpaired) electrons. The molecule has 0 aliphatic carbocycles. The monoisotopic (exact) mass is 364 g/mol. The lowest BCUT2D eigenvalue weighted by Crippen LogP contribution is -1.90. The van der Waals surface area contributed by atoms with Crippen molar-refractivity contribution in [2.24, 2.45) is 5.16 Å². The van der Waals surface area contributed by atoms with Crippen LogP contribution in [0.2, 0.25) is 20.6 Å². The highest BCUT2D eigenvalue weighted by atomic mass is 35.5. The first-order valence-electron chi connectivity index (χ1n) is 4.88. The smallest absolute Gasteiger partial charge is 0.260 e. The lowest BCUT2D eigenvalue weighted by Gasteiger charge is -1.95. The van der Waals surface area contributed by atoms with Crippen molar-refractivity contribution in [1.29, 1.82) is 0 Å². The summed E-state index contributed by atoms with van der Waals surface area (Å²) in [5.41, 5.74) is 0.407. The Morgan fingerprint density at radius 3 is 1.71 bits per heavy atom. The zero-order valence-corrected chi connectivity index (χ0v) is 12.9.